The predicted molar refractivity (Wildman–Crippen MR) is 73.8 cm³/mol. The molecular weight excluding hydrogens is 226 g/mol. The van der Waals surface area contributed by atoms with E-state index in [0.717, 1.165) is 12.1 Å². The lowest BCUT2D eigenvalue weighted by atomic mass is 10.1. The molecule has 0 radical (unpaired) electrons. The van der Waals surface area contributed by atoms with Crippen LogP contribution in [0.5, 0.6) is 0 Å². The molecule has 0 aliphatic rings. The molecule has 3 nitrogen and oxygen atoms in total. The van der Waals surface area contributed by atoms with Gasteiger partial charge in [0, 0.05) is 25.8 Å². The molecule has 100 valence electrons. The van der Waals surface area contributed by atoms with Crippen LogP contribution in [0.1, 0.15) is 29.8 Å². The van der Waals surface area contributed by atoms with E-state index in [0.29, 0.717) is 19.1 Å². The van der Waals surface area contributed by atoms with E-state index in [-0.39, 0.29) is 5.91 Å². The van der Waals surface area contributed by atoms with Gasteiger partial charge in [0.25, 0.3) is 5.91 Å². The minimum absolute atomic E-state index is 0.0840. The van der Waals surface area contributed by atoms with Crippen LogP contribution in [0.25, 0.3) is 0 Å². The fraction of sp³-hybridized carbons (Fsp3) is 0.533. The van der Waals surface area contributed by atoms with Crippen molar-refractivity contribution in [2.45, 2.75) is 20.8 Å². The van der Waals surface area contributed by atoms with Crippen molar-refractivity contribution in [1.82, 2.24) is 4.90 Å². The number of rotatable bonds is 6. The topological polar surface area (TPSA) is 29.5 Å². The summed E-state index contributed by atoms with van der Waals surface area (Å²) in [5.41, 5.74) is 1.91. The van der Waals surface area contributed by atoms with Gasteiger partial charge in [0.15, 0.2) is 0 Å². The number of amides is 1. The van der Waals surface area contributed by atoms with E-state index in [1.165, 1.54) is 5.56 Å². The zero-order chi connectivity index (χ0) is 13.5. The quantitative estimate of drug-likeness (QED) is 0.776. The van der Waals surface area contributed by atoms with Gasteiger partial charge < -0.3 is 9.64 Å². The fourth-order valence-corrected chi connectivity index (χ4v) is 1.80. The van der Waals surface area contributed by atoms with Crippen LogP contribution in [0, 0.1) is 12.8 Å². The Balaban J connectivity index is 2.77. The molecule has 0 fully saturated rings. The van der Waals surface area contributed by atoms with Crippen molar-refractivity contribution in [1.29, 1.82) is 0 Å². The van der Waals surface area contributed by atoms with Crippen LogP contribution in [0.15, 0.2) is 24.3 Å². The molecule has 18 heavy (non-hydrogen) atoms. The molecule has 1 rings (SSSR count). The predicted octanol–water partition coefficient (Wildman–Crippen LogP) is 2.74. The van der Waals surface area contributed by atoms with E-state index >= 15 is 0 Å². The highest BCUT2D eigenvalue weighted by molar-refractivity contribution is 5.94. The summed E-state index contributed by atoms with van der Waals surface area (Å²) in [4.78, 5) is 14.2. The first kappa shape index (κ1) is 14.7. The third-order valence-electron chi connectivity index (χ3n) is 2.74. The van der Waals surface area contributed by atoms with Gasteiger partial charge in [0.1, 0.15) is 0 Å². The number of carbonyl (C=O) groups excluding carboxylic acids is 1. The maximum atomic E-state index is 12.4. The second kappa shape index (κ2) is 7.17. The van der Waals surface area contributed by atoms with Crippen LogP contribution in [0.2, 0.25) is 0 Å². The van der Waals surface area contributed by atoms with E-state index in [2.05, 4.69) is 13.8 Å². The normalized spacial score (nSPS) is 10.7. The fourth-order valence-electron chi connectivity index (χ4n) is 1.80. The summed E-state index contributed by atoms with van der Waals surface area (Å²) >= 11 is 0. The zero-order valence-electron chi connectivity index (χ0n) is 11.8. The number of aryl methyl sites for hydroxylation is 1. The summed E-state index contributed by atoms with van der Waals surface area (Å²) in [5.74, 6) is 0.539. The Bertz CT molecular complexity index is 371. The summed E-state index contributed by atoms with van der Waals surface area (Å²) in [6.07, 6.45) is 0. The van der Waals surface area contributed by atoms with Crippen LogP contribution >= 0.6 is 0 Å². The Kier molecular flexibility index (Phi) is 5.86. The first-order chi connectivity index (χ1) is 8.54. The standard InChI is InChI=1S/C15H23NO2/c1-12(2)11-16(9-10-18-4)15(17)14-7-5-13(3)6-8-14/h5-8,12H,9-11H2,1-4H3. The van der Waals surface area contributed by atoms with Crippen LogP contribution in [0.4, 0.5) is 0 Å². The lowest BCUT2D eigenvalue weighted by Crippen LogP contribution is -2.36. The lowest BCUT2D eigenvalue weighted by molar-refractivity contribution is 0.0672. The second-order valence-corrected chi connectivity index (χ2v) is 5.00. The Morgan fingerprint density at radius 1 is 1.28 bits per heavy atom. The van der Waals surface area contributed by atoms with E-state index in [4.69, 9.17) is 4.74 Å². The number of ether oxygens (including phenoxy) is 1. The van der Waals surface area contributed by atoms with Gasteiger partial charge >= 0.3 is 0 Å². The molecule has 0 spiro atoms. The Labute approximate surface area is 110 Å². The van der Waals surface area contributed by atoms with Gasteiger partial charge in [-0.3, -0.25) is 4.79 Å². The van der Waals surface area contributed by atoms with Crippen LogP contribution < -0.4 is 0 Å². The summed E-state index contributed by atoms with van der Waals surface area (Å²) in [6.45, 7) is 8.22. The Hall–Kier alpha value is -1.35. The maximum Gasteiger partial charge on any atom is 0.253 e. The number of benzene rings is 1. The molecule has 0 saturated heterocycles. The van der Waals surface area contributed by atoms with Crippen LogP contribution in [-0.4, -0.2) is 37.6 Å². The number of hydrogen-bond acceptors (Lipinski definition) is 2. The molecule has 1 aromatic carbocycles. The highest BCUT2D eigenvalue weighted by Gasteiger charge is 2.16. The first-order valence-electron chi connectivity index (χ1n) is 6.39. The van der Waals surface area contributed by atoms with E-state index in [1.54, 1.807) is 7.11 Å². The smallest absolute Gasteiger partial charge is 0.253 e. The van der Waals surface area contributed by atoms with Crippen molar-refractivity contribution >= 4 is 5.91 Å². The lowest BCUT2D eigenvalue weighted by Gasteiger charge is -2.24. The largest absolute Gasteiger partial charge is 0.383 e. The summed E-state index contributed by atoms with van der Waals surface area (Å²) in [7, 11) is 1.66. The molecule has 0 aliphatic heterocycles. The van der Waals surface area contributed by atoms with E-state index in [9.17, 15) is 4.79 Å². The number of methoxy groups -OCH3 is 1. The Morgan fingerprint density at radius 2 is 1.89 bits per heavy atom. The second-order valence-electron chi connectivity index (χ2n) is 5.00. The van der Waals surface area contributed by atoms with Crippen molar-refractivity contribution in [3.05, 3.63) is 35.4 Å². The van der Waals surface area contributed by atoms with Crippen LogP contribution in [0.3, 0.4) is 0 Å². The number of hydrogen-bond donors (Lipinski definition) is 0. The van der Waals surface area contributed by atoms with Gasteiger partial charge in [-0.1, -0.05) is 31.5 Å². The minimum Gasteiger partial charge on any atom is -0.383 e. The molecule has 0 saturated carbocycles. The molecule has 1 amide bonds. The first-order valence-corrected chi connectivity index (χ1v) is 6.39. The molecule has 3 heteroatoms. The van der Waals surface area contributed by atoms with Gasteiger partial charge in [-0.15, -0.1) is 0 Å². The Morgan fingerprint density at radius 3 is 2.39 bits per heavy atom. The molecule has 0 atom stereocenters. The van der Waals surface area contributed by atoms with Gasteiger partial charge in [0.05, 0.1) is 6.61 Å². The van der Waals surface area contributed by atoms with Gasteiger partial charge in [0.2, 0.25) is 0 Å². The molecule has 0 heterocycles. The minimum atomic E-state index is 0.0840. The van der Waals surface area contributed by atoms with Gasteiger partial charge in [-0.05, 0) is 25.0 Å². The van der Waals surface area contributed by atoms with Crippen molar-refractivity contribution in [2.75, 3.05) is 26.8 Å². The summed E-state index contributed by atoms with van der Waals surface area (Å²) in [6, 6.07) is 7.71. The third-order valence-corrected chi connectivity index (χ3v) is 2.74. The highest BCUT2D eigenvalue weighted by atomic mass is 16.5. The molecule has 0 N–H and O–H groups in total. The molecule has 0 unspecified atom stereocenters. The zero-order valence-corrected chi connectivity index (χ0v) is 11.8. The monoisotopic (exact) mass is 249 g/mol. The van der Waals surface area contributed by atoms with Crippen molar-refractivity contribution < 1.29 is 9.53 Å². The van der Waals surface area contributed by atoms with Crippen molar-refractivity contribution in [2.24, 2.45) is 5.92 Å². The average molecular weight is 249 g/mol. The summed E-state index contributed by atoms with van der Waals surface area (Å²) < 4.78 is 5.07. The summed E-state index contributed by atoms with van der Waals surface area (Å²) in [5, 5.41) is 0. The molecule has 0 aromatic heterocycles. The maximum absolute atomic E-state index is 12.4. The van der Waals surface area contributed by atoms with Gasteiger partial charge in [-0.25, -0.2) is 0 Å². The molecule has 0 aliphatic carbocycles. The van der Waals surface area contributed by atoms with E-state index in [1.807, 2.05) is 36.1 Å². The molecular formula is C15H23NO2. The average Bonchev–Trinajstić information content (AvgIpc) is 2.34. The van der Waals surface area contributed by atoms with Crippen LogP contribution in [-0.2, 0) is 4.74 Å². The molecule has 0 bridgehead atoms. The number of nitrogens with zero attached hydrogens (tertiary/aromatic N) is 1. The van der Waals surface area contributed by atoms with Crippen molar-refractivity contribution in [3.63, 3.8) is 0 Å². The van der Waals surface area contributed by atoms with Crippen molar-refractivity contribution in [3.8, 4) is 0 Å². The highest BCUT2D eigenvalue weighted by Crippen LogP contribution is 2.09. The molecule has 1 aromatic rings. The third kappa shape index (κ3) is 4.49. The van der Waals surface area contributed by atoms with Gasteiger partial charge in [-0.2, -0.15) is 0 Å². The SMILES string of the molecule is COCCN(CC(C)C)C(=O)c1ccc(C)cc1. The van der Waals surface area contributed by atoms with E-state index < -0.39 is 0 Å². The number of carbonyl (C=O) groups is 1.